The maximum atomic E-state index is 6.10. The third-order valence-electron chi connectivity index (χ3n) is 4.91. The first-order chi connectivity index (χ1) is 12.7. The molecule has 144 valence electrons. The summed E-state index contributed by atoms with van der Waals surface area (Å²) in [6, 6.07) is 10.1. The van der Waals surface area contributed by atoms with Crippen LogP contribution in [0.15, 0.2) is 35.3 Å². The highest BCUT2D eigenvalue weighted by molar-refractivity contribution is 5.80. The molecule has 2 fully saturated rings. The van der Waals surface area contributed by atoms with E-state index in [1.54, 1.807) is 0 Å². The van der Waals surface area contributed by atoms with Gasteiger partial charge in [0.2, 0.25) is 0 Å². The summed E-state index contributed by atoms with van der Waals surface area (Å²) in [4.78, 5) is 9.50. The van der Waals surface area contributed by atoms with Gasteiger partial charge in [0.1, 0.15) is 11.9 Å². The Morgan fingerprint density at radius 2 is 2.00 bits per heavy atom. The molecule has 0 aromatic heterocycles. The Balaban J connectivity index is 1.50. The number of hydrogen-bond acceptors (Lipinski definition) is 4. The number of aliphatic imine (C=N–C) groups is 1. The second-order valence-corrected chi connectivity index (χ2v) is 7.07. The van der Waals surface area contributed by atoms with Crippen molar-refractivity contribution in [3.8, 4) is 5.75 Å². The predicted molar refractivity (Wildman–Crippen MR) is 105 cm³/mol. The molecule has 1 aromatic rings. The molecule has 3 rings (SSSR count). The van der Waals surface area contributed by atoms with Gasteiger partial charge in [-0.25, -0.2) is 0 Å². The summed E-state index contributed by atoms with van der Waals surface area (Å²) in [5.41, 5.74) is 0. The zero-order valence-electron chi connectivity index (χ0n) is 16.1. The highest BCUT2D eigenvalue weighted by Crippen LogP contribution is 2.18. The number of piperidine rings is 1. The van der Waals surface area contributed by atoms with Crippen molar-refractivity contribution < 1.29 is 9.47 Å². The SMILES string of the molecule is CCNC(=NCC1CN(C)CCO1)N1CCC(Oc2ccccc2)CC1. The van der Waals surface area contributed by atoms with Crippen LogP contribution in [-0.2, 0) is 4.74 Å². The van der Waals surface area contributed by atoms with E-state index in [4.69, 9.17) is 14.5 Å². The summed E-state index contributed by atoms with van der Waals surface area (Å²) in [5.74, 6) is 1.97. The number of ether oxygens (including phenoxy) is 2. The Kier molecular flexibility index (Phi) is 7.14. The molecule has 0 aliphatic carbocycles. The van der Waals surface area contributed by atoms with Crippen LogP contribution in [0.25, 0.3) is 0 Å². The quantitative estimate of drug-likeness (QED) is 0.641. The minimum Gasteiger partial charge on any atom is -0.490 e. The number of rotatable bonds is 5. The van der Waals surface area contributed by atoms with Crippen molar-refractivity contribution >= 4 is 5.96 Å². The van der Waals surface area contributed by atoms with Gasteiger partial charge < -0.3 is 24.6 Å². The molecular formula is C20H32N4O2. The molecular weight excluding hydrogens is 328 g/mol. The van der Waals surface area contributed by atoms with Gasteiger partial charge in [-0.3, -0.25) is 4.99 Å². The van der Waals surface area contributed by atoms with Crippen LogP contribution < -0.4 is 10.1 Å². The van der Waals surface area contributed by atoms with E-state index in [0.717, 1.165) is 63.9 Å². The van der Waals surface area contributed by atoms with Crippen LogP contribution in [0.1, 0.15) is 19.8 Å². The summed E-state index contributed by atoms with van der Waals surface area (Å²) in [6.45, 7) is 8.41. The second kappa shape index (κ2) is 9.78. The normalized spacial score (nSPS) is 23.1. The molecule has 2 saturated heterocycles. The van der Waals surface area contributed by atoms with Crippen LogP contribution in [-0.4, -0.2) is 80.9 Å². The van der Waals surface area contributed by atoms with Crippen LogP contribution >= 0.6 is 0 Å². The molecule has 26 heavy (non-hydrogen) atoms. The molecule has 0 spiro atoms. The van der Waals surface area contributed by atoms with E-state index in [2.05, 4.69) is 29.1 Å². The van der Waals surface area contributed by atoms with Crippen molar-refractivity contribution in [2.45, 2.75) is 32.0 Å². The maximum absolute atomic E-state index is 6.10. The summed E-state index contributed by atoms with van der Waals surface area (Å²) in [7, 11) is 2.14. The van der Waals surface area contributed by atoms with Crippen molar-refractivity contribution in [2.24, 2.45) is 4.99 Å². The van der Waals surface area contributed by atoms with E-state index in [0.29, 0.717) is 6.54 Å². The largest absolute Gasteiger partial charge is 0.490 e. The standard InChI is InChI=1S/C20H32N4O2/c1-3-21-20(22-15-19-16-23(2)13-14-25-19)24-11-9-18(10-12-24)26-17-7-5-4-6-8-17/h4-8,18-19H,3,9-16H2,1-2H3,(H,21,22). The average Bonchev–Trinajstić information content (AvgIpc) is 2.67. The average molecular weight is 361 g/mol. The van der Waals surface area contributed by atoms with Gasteiger partial charge in [0.05, 0.1) is 19.3 Å². The minimum atomic E-state index is 0.196. The van der Waals surface area contributed by atoms with Crippen molar-refractivity contribution in [1.82, 2.24) is 15.1 Å². The molecule has 2 aliphatic rings. The van der Waals surface area contributed by atoms with Crippen molar-refractivity contribution in [3.63, 3.8) is 0 Å². The monoisotopic (exact) mass is 360 g/mol. The molecule has 2 heterocycles. The van der Waals surface area contributed by atoms with Crippen LogP contribution in [0.4, 0.5) is 0 Å². The zero-order valence-corrected chi connectivity index (χ0v) is 16.1. The zero-order chi connectivity index (χ0) is 18.2. The van der Waals surface area contributed by atoms with E-state index in [1.807, 2.05) is 30.3 Å². The molecule has 0 bridgehead atoms. The van der Waals surface area contributed by atoms with E-state index in [1.165, 1.54) is 0 Å². The number of nitrogens with zero attached hydrogens (tertiary/aromatic N) is 3. The number of likely N-dealkylation sites (N-methyl/N-ethyl adjacent to an activating group) is 1. The van der Waals surface area contributed by atoms with Gasteiger partial charge in [-0.05, 0) is 26.1 Å². The Morgan fingerprint density at radius 3 is 2.69 bits per heavy atom. The van der Waals surface area contributed by atoms with E-state index in [-0.39, 0.29) is 12.2 Å². The molecule has 0 radical (unpaired) electrons. The van der Waals surface area contributed by atoms with Crippen LogP contribution in [0.2, 0.25) is 0 Å². The highest BCUT2D eigenvalue weighted by Gasteiger charge is 2.23. The van der Waals surface area contributed by atoms with Crippen LogP contribution in [0.3, 0.4) is 0 Å². The van der Waals surface area contributed by atoms with Crippen LogP contribution in [0, 0.1) is 0 Å². The maximum Gasteiger partial charge on any atom is 0.194 e. The first kappa shape index (κ1) is 19.0. The van der Waals surface area contributed by atoms with Crippen molar-refractivity contribution in [3.05, 3.63) is 30.3 Å². The Hall–Kier alpha value is -1.79. The van der Waals surface area contributed by atoms with Gasteiger partial charge in [0.25, 0.3) is 0 Å². The molecule has 6 nitrogen and oxygen atoms in total. The third kappa shape index (κ3) is 5.61. The molecule has 2 aliphatic heterocycles. The lowest BCUT2D eigenvalue weighted by Crippen LogP contribution is -2.48. The van der Waals surface area contributed by atoms with Crippen molar-refractivity contribution in [2.75, 3.05) is 52.9 Å². The molecule has 0 amide bonds. The minimum absolute atomic E-state index is 0.196. The Morgan fingerprint density at radius 1 is 1.23 bits per heavy atom. The summed E-state index contributed by atoms with van der Waals surface area (Å²) in [6.07, 6.45) is 2.51. The summed E-state index contributed by atoms with van der Waals surface area (Å²) in [5, 5.41) is 3.43. The lowest BCUT2D eigenvalue weighted by molar-refractivity contribution is -0.0137. The van der Waals surface area contributed by atoms with E-state index < -0.39 is 0 Å². The number of morpholine rings is 1. The topological polar surface area (TPSA) is 49.3 Å². The molecule has 1 aromatic carbocycles. The second-order valence-electron chi connectivity index (χ2n) is 7.07. The van der Waals surface area contributed by atoms with Gasteiger partial charge in [0.15, 0.2) is 5.96 Å². The van der Waals surface area contributed by atoms with Crippen molar-refractivity contribution in [1.29, 1.82) is 0 Å². The number of guanidine groups is 1. The predicted octanol–water partition coefficient (Wildman–Crippen LogP) is 1.83. The van der Waals surface area contributed by atoms with Gasteiger partial charge in [0, 0.05) is 45.6 Å². The fourth-order valence-electron chi connectivity index (χ4n) is 3.47. The Labute approximate surface area is 157 Å². The fourth-order valence-corrected chi connectivity index (χ4v) is 3.47. The number of benzene rings is 1. The molecule has 1 N–H and O–H groups in total. The summed E-state index contributed by atoms with van der Waals surface area (Å²) >= 11 is 0. The molecule has 1 atom stereocenters. The van der Waals surface area contributed by atoms with Gasteiger partial charge in [-0.15, -0.1) is 0 Å². The first-order valence-corrected chi connectivity index (χ1v) is 9.79. The molecule has 6 heteroatoms. The van der Waals surface area contributed by atoms with E-state index in [9.17, 15) is 0 Å². The fraction of sp³-hybridized carbons (Fsp3) is 0.650. The summed E-state index contributed by atoms with van der Waals surface area (Å²) < 4.78 is 11.9. The number of likely N-dealkylation sites (tertiary alicyclic amines) is 1. The first-order valence-electron chi connectivity index (χ1n) is 9.79. The molecule has 0 saturated carbocycles. The van der Waals surface area contributed by atoms with Gasteiger partial charge >= 0.3 is 0 Å². The Bertz CT molecular complexity index is 558. The van der Waals surface area contributed by atoms with Gasteiger partial charge in [-0.1, -0.05) is 18.2 Å². The lowest BCUT2D eigenvalue weighted by Gasteiger charge is -2.35. The third-order valence-corrected chi connectivity index (χ3v) is 4.91. The van der Waals surface area contributed by atoms with E-state index >= 15 is 0 Å². The number of para-hydroxylation sites is 1. The van der Waals surface area contributed by atoms with Crippen LogP contribution in [0.5, 0.6) is 5.75 Å². The van der Waals surface area contributed by atoms with Gasteiger partial charge in [-0.2, -0.15) is 0 Å². The number of hydrogen-bond donors (Lipinski definition) is 1. The highest BCUT2D eigenvalue weighted by atomic mass is 16.5. The number of nitrogens with one attached hydrogen (secondary N) is 1. The smallest absolute Gasteiger partial charge is 0.194 e. The lowest BCUT2D eigenvalue weighted by atomic mass is 10.1. The molecule has 1 unspecified atom stereocenters.